The van der Waals surface area contributed by atoms with Crippen LogP contribution in [0.5, 0.6) is 0 Å². The molecule has 21 heavy (non-hydrogen) atoms. The van der Waals surface area contributed by atoms with E-state index < -0.39 is 0 Å². The van der Waals surface area contributed by atoms with Crippen LogP contribution in [0.15, 0.2) is 17.8 Å². The van der Waals surface area contributed by atoms with Gasteiger partial charge in [-0.3, -0.25) is 4.68 Å². The number of rotatable bonds is 3. The van der Waals surface area contributed by atoms with E-state index in [-0.39, 0.29) is 18.3 Å². The highest BCUT2D eigenvalue weighted by atomic mass is 32.1. The molecule has 2 aromatic rings. The van der Waals surface area contributed by atoms with Crippen LogP contribution in [0.4, 0.5) is 0 Å². The lowest BCUT2D eigenvalue weighted by Gasteiger charge is -2.32. The van der Waals surface area contributed by atoms with Crippen LogP contribution in [0.3, 0.4) is 0 Å². The third kappa shape index (κ3) is 2.65. The van der Waals surface area contributed by atoms with Gasteiger partial charge in [0.05, 0.1) is 23.4 Å². The van der Waals surface area contributed by atoms with E-state index in [0.29, 0.717) is 6.54 Å². The highest BCUT2D eigenvalue weighted by Gasteiger charge is 2.52. The highest BCUT2D eigenvalue weighted by Crippen LogP contribution is 2.36. The van der Waals surface area contributed by atoms with Gasteiger partial charge >= 0.3 is 7.12 Å². The molecule has 0 atom stereocenters. The van der Waals surface area contributed by atoms with Gasteiger partial charge in [-0.15, -0.1) is 11.3 Å². The number of hydrogen-bond acceptors (Lipinski definition) is 5. The molecule has 0 aliphatic carbocycles. The van der Waals surface area contributed by atoms with Gasteiger partial charge in [-0.25, -0.2) is 4.98 Å². The molecule has 2 aromatic heterocycles. The van der Waals surface area contributed by atoms with E-state index in [1.165, 1.54) is 0 Å². The lowest BCUT2D eigenvalue weighted by atomic mass is 9.79. The molecule has 0 N–H and O–H groups in total. The van der Waals surface area contributed by atoms with Crippen molar-refractivity contribution in [2.45, 2.75) is 52.4 Å². The lowest BCUT2D eigenvalue weighted by Crippen LogP contribution is -2.41. The van der Waals surface area contributed by atoms with Crippen molar-refractivity contribution in [1.82, 2.24) is 14.8 Å². The van der Waals surface area contributed by atoms with Gasteiger partial charge in [0.15, 0.2) is 0 Å². The molecule has 0 spiro atoms. The molecule has 5 nitrogen and oxygen atoms in total. The fraction of sp³-hybridized carbons (Fsp3) is 0.571. The molecule has 7 heteroatoms. The second-order valence-corrected chi connectivity index (χ2v) is 7.36. The Labute approximate surface area is 129 Å². The SMILES string of the molecule is Cc1nn(Cc2nccs2)cc1B1OC(C)(C)C(C)(C)O1. The Morgan fingerprint density at radius 2 is 1.90 bits per heavy atom. The predicted octanol–water partition coefficient (Wildman–Crippen LogP) is 2.00. The zero-order chi connectivity index (χ0) is 15.3. The number of thiazole rings is 1. The fourth-order valence-electron chi connectivity index (χ4n) is 2.29. The summed E-state index contributed by atoms with van der Waals surface area (Å²) in [5.41, 5.74) is 1.26. The molecule has 0 saturated carbocycles. The van der Waals surface area contributed by atoms with E-state index in [1.54, 1.807) is 11.3 Å². The minimum absolute atomic E-state index is 0.332. The summed E-state index contributed by atoms with van der Waals surface area (Å²) in [5.74, 6) is 0. The van der Waals surface area contributed by atoms with Crippen LogP contribution in [0.2, 0.25) is 0 Å². The Balaban J connectivity index is 1.82. The van der Waals surface area contributed by atoms with Crippen LogP contribution in [-0.4, -0.2) is 33.1 Å². The second-order valence-electron chi connectivity index (χ2n) is 6.38. The van der Waals surface area contributed by atoms with Gasteiger partial charge in [0.2, 0.25) is 0 Å². The maximum Gasteiger partial charge on any atom is 0.498 e. The third-order valence-corrected chi connectivity index (χ3v) is 5.04. The van der Waals surface area contributed by atoms with Gasteiger partial charge < -0.3 is 9.31 Å². The summed E-state index contributed by atoms with van der Waals surface area (Å²) in [5, 5.41) is 7.56. The Hall–Kier alpha value is -1.18. The Kier molecular flexibility index (Phi) is 3.46. The van der Waals surface area contributed by atoms with Crippen molar-refractivity contribution in [3.05, 3.63) is 28.5 Å². The second kappa shape index (κ2) is 4.93. The van der Waals surface area contributed by atoms with Gasteiger partial charge in [-0.1, -0.05) is 0 Å². The summed E-state index contributed by atoms with van der Waals surface area (Å²) in [6, 6.07) is 0. The van der Waals surface area contributed by atoms with E-state index in [9.17, 15) is 0 Å². The summed E-state index contributed by atoms with van der Waals surface area (Å²) < 4.78 is 14.1. The summed E-state index contributed by atoms with van der Waals surface area (Å²) in [6.07, 6.45) is 3.81. The fourth-order valence-corrected chi connectivity index (χ4v) is 2.89. The van der Waals surface area contributed by atoms with Crippen LogP contribution in [0.1, 0.15) is 38.4 Å². The van der Waals surface area contributed by atoms with E-state index in [1.807, 2.05) is 29.4 Å². The average Bonchev–Trinajstić information content (AvgIpc) is 3.01. The van der Waals surface area contributed by atoms with Crippen molar-refractivity contribution in [3.8, 4) is 0 Å². The van der Waals surface area contributed by atoms with Crippen molar-refractivity contribution in [1.29, 1.82) is 0 Å². The molecule has 0 bridgehead atoms. The van der Waals surface area contributed by atoms with Gasteiger partial charge in [-0.2, -0.15) is 5.10 Å². The molecular formula is C14H20BN3O2S. The zero-order valence-corrected chi connectivity index (χ0v) is 13.9. The minimum atomic E-state index is -0.361. The molecule has 3 rings (SSSR count). The first-order valence-corrected chi connectivity index (χ1v) is 7.94. The molecule has 1 fully saturated rings. The summed E-state index contributed by atoms with van der Waals surface area (Å²) in [6.45, 7) is 10.9. The molecule has 1 saturated heterocycles. The number of hydrogen-bond donors (Lipinski definition) is 0. The predicted molar refractivity (Wildman–Crippen MR) is 83.9 cm³/mol. The Bertz CT molecular complexity index is 621. The van der Waals surface area contributed by atoms with Crippen LogP contribution in [0.25, 0.3) is 0 Å². The van der Waals surface area contributed by atoms with Gasteiger partial charge in [-0.05, 0) is 34.6 Å². The van der Waals surface area contributed by atoms with Crippen LogP contribution in [-0.2, 0) is 15.9 Å². The van der Waals surface area contributed by atoms with Gasteiger partial charge in [0.1, 0.15) is 5.01 Å². The third-order valence-electron chi connectivity index (χ3n) is 4.27. The largest absolute Gasteiger partial charge is 0.498 e. The summed E-state index contributed by atoms with van der Waals surface area (Å²) in [4.78, 5) is 4.29. The molecule has 0 radical (unpaired) electrons. The minimum Gasteiger partial charge on any atom is -0.399 e. The van der Waals surface area contributed by atoms with Crippen molar-refractivity contribution in [2.24, 2.45) is 0 Å². The summed E-state index contributed by atoms with van der Waals surface area (Å²) >= 11 is 1.63. The van der Waals surface area contributed by atoms with Gasteiger partial charge in [0.25, 0.3) is 0 Å². The first kappa shape index (κ1) is 14.7. The quantitative estimate of drug-likeness (QED) is 0.814. The van der Waals surface area contributed by atoms with E-state index in [2.05, 4.69) is 37.8 Å². The van der Waals surface area contributed by atoms with Crippen molar-refractivity contribution in [2.75, 3.05) is 0 Å². The maximum atomic E-state index is 6.09. The zero-order valence-electron chi connectivity index (χ0n) is 13.1. The van der Waals surface area contributed by atoms with Crippen LogP contribution >= 0.6 is 11.3 Å². The van der Waals surface area contributed by atoms with Crippen molar-refractivity contribution in [3.63, 3.8) is 0 Å². The average molecular weight is 305 g/mol. The molecule has 0 unspecified atom stereocenters. The van der Waals surface area contributed by atoms with Crippen molar-refractivity contribution >= 4 is 23.9 Å². The molecular weight excluding hydrogens is 285 g/mol. The van der Waals surface area contributed by atoms with Crippen LogP contribution in [0, 0.1) is 6.92 Å². The molecule has 112 valence electrons. The normalized spacial score (nSPS) is 20.1. The molecule has 1 aliphatic heterocycles. The smallest absolute Gasteiger partial charge is 0.399 e. The Morgan fingerprint density at radius 1 is 1.24 bits per heavy atom. The highest BCUT2D eigenvalue weighted by molar-refractivity contribution is 7.09. The molecule has 0 amide bonds. The lowest BCUT2D eigenvalue weighted by molar-refractivity contribution is 0.00578. The topological polar surface area (TPSA) is 49.2 Å². The first-order valence-electron chi connectivity index (χ1n) is 7.06. The molecule has 1 aliphatic rings. The number of aryl methyl sites for hydroxylation is 1. The molecule has 0 aromatic carbocycles. The Morgan fingerprint density at radius 3 is 2.48 bits per heavy atom. The van der Waals surface area contributed by atoms with E-state index in [0.717, 1.165) is 16.2 Å². The monoisotopic (exact) mass is 305 g/mol. The van der Waals surface area contributed by atoms with E-state index >= 15 is 0 Å². The van der Waals surface area contributed by atoms with Crippen LogP contribution < -0.4 is 5.46 Å². The standard InChI is InChI=1S/C14H20BN3O2S/c1-10-11(15-19-13(2,3)14(4,5)20-15)8-18(17-10)9-12-16-6-7-21-12/h6-8H,9H2,1-5H3. The van der Waals surface area contributed by atoms with Gasteiger partial charge in [0, 0.05) is 23.2 Å². The molecule has 3 heterocycles. The summed E-state index contributed by atoms with van der Waals surface area (Å²) in [7, 11) is -0.361. The maximum absolute atomic E-state index is 6.09. The number of aromatic nitrogens is 3. The van der Waals surface area contributed by atoms with E-state index in [4.69, 9.17) is 9.31 Å². The van der Waals surface area contributed by atoms with Crippen molar-refractivity contribution < 1.29 is 9.31 Å². The number of nitrogens with zero attached hydrogens (tertiary/aromatic N) is 3. The first-order chi connectivity index (χ1) is 9.78.